The molecule has 0 aliphatic rings. The van der Waals surface area contributed by atoms with Crippen LogP contribution in [-0.4, -0.2) is 61.1 Å². The van der Waals surface area contributed by atoms with Gasteiger partial charge in [0.25, 0.3) is 0 Å². The number of rotatable bonds is 16. The zero-order chi connectivity index (χ0) is 26.6. The van der Waals surface area contributed by atoms with Crippen LogP contribution in [0.25, 0.3) is 0 Å². The van der Waals surface area contributed by atoms with Crippen molar-refractivity contribution in [1.29, 1.82) is 0 Å². The fourth-order valence-corrected chi connectivity index (χ4v) is 4.45. The van der Waals surface area contributed by atoms with Crippen molar-refractivity contribution in [2.75, 3.05) is 45.0 Å². The van der Waals surface area contributed by atoms with Crippen molar-refractivity contribution in [3.63, 3.8) is 0 Å². The van der Waals surface area contributed by atoms with Gasteiger partial charge in [0.15, 0.2) is 22.2 Å². The van der Waals surface area contributed by atoms with Crippen LogP contribution >= 0.6 is 12.3 Å². The standard InChI is InChI=1S/C18H23N3O12S3.2Na/c1-28-16-12-18(35(23,24)10-9-31-36(25,26)27)17(29-2)11-15(16)21-20-14-5-3-13(4-6-14)19-7-8-30-34-33-32-22;;/h3-6,11-12,19,22H,7-10H2,1-2H3,(H,25,26,27);;/q;2*+1/p-2. The van der Waals surface area contributed by atoms with Gasteiger partial charge in [0.2, 0.25) is 10.4 Å². The van der Waals surface area contributed by atoms with Crippen LogP contribution in [0.5, 0.6) is 11.5 Å². The predicted octanol–water partition coefficient (Wildman–Crippen LogP) is -4.41. The Morgan fingerprint density at radius 1 is 0.947 bits per heavy atom. The summed E-state index contributed by atoms with van der Waals surface area (Å²) in [4.78, 5) is -0.308. The molecule has 0 aliphatic carbocycles. The molecule has 0 unspecified atom stereocenters. The molecular formula is C18H21N3Na2O12S3. The van der Waals surface area contributed by atoms with Crippen molar-refractivity contribution in [2.45, 2.75) is 4.90 Å². The van der Waals surface area contributed by atoms with Crippen LogP contribution in [-0.2, 0) is 38.0 Å². The molecule has 15 nitrogen and oxygen atoms in total. The first-order chi connectivity index (χ1) is 17.1. The molecule has 20 heteroatoms. The van der Waals surface area contributed by atoms with E-state index < -0.39 is 32.6 Å². The molecule has 0 radical (unpaired) electrons. The number of methoxy groups -OCH3 is 2. The first kappa shape index (κ1) is 37.5. The number of hydrogen-bond acceptors (Lipinski definition) is 16. The Morgan fingerprint density at radius 3 is 2.18 bits per heavy atom. The van der Waals surface area contributed by atoms with Gasteiger partial charge in [0.05, 0.1) is 38.9 Å². The third kappa shape index (κ3) is 13.2. The van der Waals surface area contributed by atoms with Crippen molar-refractivity contribution in [2.24, 2.45) is 10.2 Å². The van der Waals surface area contributed by atoms with Gasteiger partial charge in [-0.3, -0.25) is 13.4 Å². The van der Waals surface area contributed by atoms with Gasteiger partial charge in [0.1, 0.15) is 22.1 Å². The molecule has 0 saturated heterocycles. The van der Waals surface area contributed by atoms with Crippen molar-refractivity contribution in [1.82, 2.24) is 0 Å². The van der Waals surface area contributed by atoms with Crippen LogP contribution < -0.4 is 79.2 Å². The quantitative estimate of drug-likeness (QED) is 0.0277. The summed E-state index contributed by atoms with van der Waals surface area (Å²) in [6, 6.07) is 9.24. The Labute approximate surface area is 268 Å². The minimum absolute atomic E-state index is 0. The molecule has 0 aliphatic heterocycles. The molecule has 2 aromatic rings. The average Bonchev–Trinajstić information content (AvgIpc) is 2.84. The van der Waals surface area contributed by atoms with Crippen molar-refractivity contribution < 1.29 is 113 Å². The van der Waals surface area contributed by atoms with E-state index >= 15 is 0 Å². The molecule has 2 aromatic carbocycles. The second-order valence-electron chi connectivity index (χ2n) is 6.42. The minimum atomic E-state index is -5.04. The summed E-state index contributed by atoms with van der Waals surface area (Å²) in [6.07, 6.45) is 0. The van der Waals surface area contributed by atoms with E-state index in [1.807, 2.05) is 0 Å². The van der Waals surface area contributed by atoms with E-state index in [1.54, 1.807) is 24.3 Å². The summed E-state index contributed by atoms with van der Waals surface area (Å²) < 4.78 is 80.1. The molecule has 1 N–H and O–H groups in total. The number of nitrogens with one attached hydrogen (secondary N) is 1. The predicted molar refractivity (Wildman–Crippen MR) is 122 cm³/mol. The first-order valence-corrected chi connectivity index (χ1v) is 13.3. The van der Waals surface area contributed by atoms with Crippen LogP contribution in [0, 0.1) is 0 Å². The molecule has 0 fully saturated rings. The number of sulfone groups is 1. The second-order valence-corrected chi connectivity index (χ2v) is 10.1. The van der Waals surface area contributed by atoms with E-state index in [9.17, 15) is 26.6 Å². The summed E-state index contributed by atoms with van der Waals surface area (Å²) in [5, 5.41) is 24.0. The molecule has 200 valence electrons. The molecule has 0 heterocycles. The Balaban J connectivity index is 0.00000684. The van der Waals surface area contributed by atoms with Gasteiger partial charge >= 0.3 is 59.1 Å². The normalized spacial score (nSPS) is 11.5. The van der Waals surface area contributed by atoms with Crippen LogP contribution in [0.15, 0.2) is 51.5 Å². The SMILES string of the molecule is COc1cc(S(=O)(=O)CCOS(=O)(=O)[O-])c(OC)cc1N=Nc1ccc(NCCOSOO[O-])cc1.[Na+].[Na+]. The Kier molecular flexibility index (Phi) is 18.5. The third-order valence-electron chi connectivity index (χ3n) is 4.14. The fourth-order valence-electron chi connectivity index (χ4n) is 2.59. The molecule has 38 heavy (non-hydrogen) atoms. The van der Waals surface area contributed by atoms with Gasteiger partial charge in [-0.2, -0.15) is 5.11 Å². The minimum Gasteiger partial charge on any atom is -0.726 e. The monoisotopic (exact) mass is 613 g/mol. The van der Waals surface area contributed by atoms with Crippen LogP contribution in [0.4, 0.5) is 17.1 Å². The van der Waals surface area contributed by atoms with Crippen molar-refractivity contribution >= 4 is 49.6 Å². The number of azo groups is 1. The zero-order valence-electron chi connectivity index (χ0n) is 20.8. The van der Waals surface area contributed by atoms with Gasteiger partial charge in [-0.05, 0) is 24.3 Å². The molecule has 0 aromatic heterocycles. The van der Waals surface area contributed by atoms with E-state index in [4.69, 9.17) is 13.7 Å². The van der Waals surface area contributed by atoms with Crippen LogP contribution in [0.2, 0.25) is 0 Å². The number of nitrogens with zero attached hydrogens (tertiary/aromatic N) is 2. The zero-order valence-corrected chi connectivity index (χ0v) is 27.3. The number of ether oxygens (including phenoxy) is 2. The van der Waals surface area contributed by atoms with Crippen molar-refractivity contribution in [3.8, 4) is 11.5 Å². The smallest absolute Gasteiger partial charge is 0.726 e. The average molecular weight is 614 g/mol. The van der Waals surface area contributed by atoms with Gasteiger partial charge in [-0.1, -0.05) is 0 Å². The van der Waals surface area contributed by atoms with Gasteiger partial charge in [-0.25, -0.2) is 16.8 Å². The fraction of sp³-hybridized carbons (Fsp3) is 0.333. The summed E-state index contributed by atoms with van der Waals surface area (Å²) in [5.41, 5.74) is 1.39. The maximum atomic E-state index is 12.6. The van der Waals surface area contributed by atoms with E-state index in [-0.39, 0.29) is 87.8 Å². The number of anilines is 1. The Hall–Kier alpha value is -0.550. The molecule has 0 amide bonds. The van der Waals surface area contributed by atoms with E-state index in [2.05, 4.69) is 29.1 Å². The molecule has 0 bridgehead atoms. The van der Waals surface area contributed by atoms with Crippen LogP contribution in [0.1, 0.15) is 0 Å². The first-order valence-electron chi connectivity index (χ1n) is 9.69. The molecule has 0 atom stereocenters. The summed E-state index contributed by atoms with van der Waals surface area (Å²) in [5.74, 6) is -0.831. The Bertz CT molecular complexity index is 1230. The second kappa shape index (κ2) is 18.7. The summed E-state index contributed by atoms with van der Waals surface area (Å²) >= 11 is 0.414. The molecule has 0 saturated carbocycles. The van der Waals surface area contributed by atoms with Crippen molar-refractivity contribution in [3.05, 3.63) is 36.4 Å². The summed E-state index contributed by atoms with van der Waals surface area (Å²) in [6.45, 7) is -0.211. The topological polar surface area (TPSA) is 207 Å². The van der Waals surface area contributed by atoms with Gasteiger partial charge in [0, 0.05) is 24.4 Å². The number of hydrogen-bond donors (Lipinski definition) is 1. The maximum absolute atomic E-state index is 12.6. The van der Waals surface area contributed by atoms with Gasteiger partial charge in [-0.15, -0.1) is 9.45 Å². The van der Waals surface area contributed by atoms with Crippen LogP contribution in [0.3, 0.4) is 0 Å². The van der Waals surface area contributed by atoms with E-state index in [0.717, 1.165) is 11.8 Å². The third-order valence-corrected chi connectivity index (χ3v) is 6.66. The Morgan fingerprint density at radius 2 is 1.61 bits per heavy atom. The maximum Gasteiger partial charge on any atom is 1.00 e. The molecule has 0 spiro atoms. The van der Waals surface area contributed by atoms with Gasteiger partial charge < -0.3 is 24.6 Å². The van der Waals surface area contributed by atoms with E-state index in [0.29, 0.717) is 24.6 Å². The van der Waals surface area contributed by atoms with E-state index in [1.165, 1.54) is 20.3 Å². The number of benzene rings is 2. The molecule has 2 rings (SSSR count). The summed E-state index contributed by atoms with van der Waals surface area (Å²) in [7, 11) is -6.61. The largest absolute Gasteiger partial charge is 1.00 e. The molecular weight excluding hydrogens is 592 g/mol.